The first-order chi connectivity index (χ1) is 20.3. The van der Waals surface area contributed by atoms with Gasteiger partial charge in [0.05, 0.1) is 0 Å². The lowest BCUT2D eigenvalue weighted by atomic mass is 9.84. The summed E-state index contributed by atoms with van der Waals surface area (Å²) in [5, 5.41) is 2.53. The third-order valence-corrected chi connectivity index (χ3v) is 8.39. The van der Waals surface area contributed by atoms with Gasteiger partial charge in [-0.2, -0.15) is 0 Å². The zero-order valence-electron chi connectivity index (χ0n) is 22.6. The first kappa shape index (κ1) is 23.7. The van der Waals surface area contributed by atoms with Gasteiger partial charge in [-0.25, -0.2) is 0 Å². The zero-order valence-corrected chi connectivity index (χ0v) is 22.6. The number of ether oxygens (including phenoxy) is 1. The summed E-state index contributed by atoms with van der Waals surface area (Å²) in [6.07, 6.45) is 6.89. The second kappa shape index (κ2) is 9.80. The Morgan fingerprint density at radius 2 is 1.15 bits per heavy atom. The minimum Gasteiger partial charge on any atom is -0.485 e. The Bertz CT molecular complexity index is 1900. The van der Waals surface area contributed by atoms with Crippen molar-refractivity contribution in [1.29, 1.82) is 0 Å². The molecule has 1 nitrogen and oxygen atoms in total. The number of benzene rings is 6. The van der Waals surface area contributed by atoms with E-state index < -0.39 is 0 Å². The van der Waals surface area contributed by atoms with Crippen LogP contribution in [0.25, 0.3) is 49.7 Å². The van der Waals surface area contributed by atoms with Crippen molar-refractivity contribution in [3.05, 3.63) is 169 Å². The van der Waals surface area contributed by atoms with Gasteiger partial charge in [-0.15, -0.1) is 0 Å². The van der Waals surface area contributed by atoms with Gasteiger partial charge in [-0.05, 0) is 91.7 Å². The number of hydrogen-bond donors (Lipinski definition) is 0. The molecule has 1 heterocycles. The van der Waals surface area contributed by atoms with E-state index in [9.17, 15) is 0 Å². The average Bonchev–Trinajstić information content (AvgIpc) is 3.42. The average molecular weight is 525 g/mol. The summed E-state index contributed by atoms with van der Waals surface area (Å²) in [5.74, 6) is 1.15. The van der Waals surface area contributed by atoms with Crippen LogP contribution in [0.4, 0.5) is 0 Å². The van der Waals surface area contributed by atoms with Crippen LogP contribution >= 0.6 is 0 Å². The van der Waals surface area contributed by atoms with Crippen molar-refractivity contribution >= 4 is 16.3 Å². The smallest absolute Gasteiger partial charge is 0.128 e. The van der Waals surface area contributed by atoms with E-state index in [1.165, 1.54) is 60.9 Å². The lowest BCUT2D eigenvalue weighted by molar-refractivity contribution is 0.269. The standard InChI is InChI=1S/C40H28O/c1-3-10-27(11-4-1)32-22-33(28-12-5-2-6-13-28)24-34(23-32)30-18-20-39-37(25-30)38-26-31(19-21-40(38)41-39)36-17-9-15-29-14-7-8-16-35(29)36/h1-26,37,39H. The van der Waals surface area contributed by atoms with Crippen molar-refractivity contribution in [2.24, 2.45) is 0 Å². The molecule has 8 rings (SSSR count). The van der Waals surface area contributed by atoms with E-state index in [1.54, 1.807) is 0 Å². The molecular formula is C40H28O. The van der Waals surface area contributed by atoms with Gasteiger partial charge in [0.25, 0.3) is 0 Å². The van der Waals surface area contributed by atoms with Gasteiger partial charge in [0.15, 0.2) is 0 Å². The minimum absolute atomic E-state index is 0.0161. The summed E-state index contributed by atoms with van der Waals surface area (Å²) in [6.45, 7) is 0. The van der Waals surface area contributed by atoms with E-state index in [-0.39, 0.29) is 12.0 Å². The molecule has 2 aliphatic rings. The molecule has 1 heteroatoms. The van der Waals surface area contributed by atoms with Gasteiger partial charge >= 0.3 is 0 Å². The van der Waals surface area contributed by atoms with Crippen molar-refractivity contribution in [2.45, 2.75) is 12.0 Å². The summed E-state index contributed by atoms with van der Waals surface area (Å²) < 4.78 is 6.43. The Hall–Kier alpha value is -5.14. The molecular weight excluding hydrogens is 496 g/mol. The molecule has 1 aliphatic heterocycles. The lowest BCUT2D eigenvalue weighted by Crippen LogP contribution is -2.17. The Morgan fingerprint density at radius 1 is 0.488 bits per heavy atom. The van der Waals surface area contributed by atoms with Crippen LogP contribution in [0.2, 0.25) is 0 Å². The second-order valence-corrected chi connectivity index (χ2v) is 10.9. The predicted molar refractivity (Wildman–Crippen MR) is 171 cm³/mol. The van der Waals surface area contributed by atoms with E-state index in [4.69, 9.17) is 4.74 Å². The predicted octanol–water partition coefficient (Wildman–Crippen LogP) is 10.3. The molecule has 194 valence electrons. The van der Waals surface area contributed by atoms with Gasteiger partial charge in [0, 0.05) is 11.5 Å². The minimum atomic E-state index is 0.0161. The molecule has 0 N–H and O–H groups in total. The molecule has 0 saturated carbocycles. The molecule has 1 aliphatic carbocycles. The summed E-state index contributed by atoms with van der Waals surface area (Å²) in [7, 11) is 0. The van der Waals surface area contributed by atoms with Crippen molar-refractivity contribution in [2.75, 3.05) is 0 Å². The van der Waals surface area contributed by atoms with E-state index in [0.29, 0.717) is 0 Å². The molecule has 0 saturated heterocycles. The maximum Gasteiger partial charge on any atom is 0.128 e. The Morgan fingerprint density at radius 3 is 1.90 bits per heavy atom. The lowest BCUT2D eigenvalue weighted by Gasteiger charge is -2.20. The molecule has 6 aromatic carbocycles. The topological polar surface area (TPSA) is 9.23 Å². The van der Waals surface area contributed by atoms with Gasteiger partial charge < -0.3 is 4.74 Å². The van der Waals surface area contributed by atoms with Crippen molar-refractivity contribution < 1.29 is 4.74 Å². The summed E-state index contributed by atoms with van der Waals surface area (Å²) >= 11 is 0. The largest absolute Gasteiger partial charge is 0.485 e. The van der Waals surface area contributed by atoms with Gasteiger partial charge in [0.2, 0.25) is 0 Å². The first-order valence-corrected chi connectivity index (χ1v) is 14.3. The Labute approximate surface area is 240 Å². The molecule has 0 aromatic heterocycles. The summed E-state index contributed by atoms with van der Waals surface area (Å²) in [5.41, 5.74) is 11.1. The van der Waals surface area contributed by atoms with Crippen LogP contribution < -0.4 is 4.74 Å². The van der Waals surface area contributed by atoms with Crippen LogP contribution in [0.3, 0.4) is 0 Å². The second-order valence-electron chi connectivity index (χ2n) is 10.9. The van der Waals surface area contributed by atoms with Crippen LogP contribution in [0.5, 0.6) is 5.75 Å². The van der Waals surface area contributed by atoms with Gasteiger partial charge in [-0.1, -0.05) is 121 Å². The number of fused-ring (bicyclic) bond motifs is 4. The molecule has 0 spiro atoms. The molecule has 2 atom stereocenters. The normalized spacial score (nSPS) is 17.0. The van der Waals surface area contributed by atoms with Crippen LogP contribution in [-0.2, 0) is 0 Å². The highest BCUT2D eigenvalue weighted by Crippen LogP contribution is 2.46. The SMILES string of the molecule is C1=CC2Oc3ccc(-c4cccc5ccccc45)cc3C2C=C1c1cc(-c2ccccc2)cc(-c2ccccc2)c1. The van der Waals surface area contributed by atoms with E-state index >= 15 is 0 Å². The fourth-order valence-electron chi connectivity index (χ4n) is 6.33. The van der Waals surface area contributed by atoms with Crippen molar-refractivity contribution in [3.63, 3.8) is 0 Å². The quantitative estimate of drug-likeness (QED) is 0.223. The van der Waals surface area contributed by atoms with Crippen molar-refractivity contribution in [3.8, 4) is 39.1 Å². The Kier molecular flexibility index (Phi) is 5.67. The van der Waals surface area contributed by atoms with Gasteiger partial charge in [0.1, 0.15) is 11.9 Å². The van der Waals surface area contributed by atoms with Crippen molar-refractivity contribution in [1.82, 2.24) is 0 Å². The van der Waals surface area contributed by atoms with E-state index in [2.05, 4.69) is 158 Å². The molecule has 41 heavy (non-hydrogen) atoms. The first-order valence-electron chi connectivity index (χ1n) is 14.3. The highest BCUT2D eigenvalue weighted by atomic mass is 16.5. The van der Waals surface area contributed by atoms with Crippen LogP contribution in [0.15, 0.2) is 158 Å². The van der Waals surface area contributed by atoms with E-state index in [0.717, 1.165) is 5.75 Å². The number of rotatable bonds is 4. The molecule has 2 unspecified atom stereocenters. The number of allylic oxidation sites excluding steroid dienone is 2. The zero-order chi connectivity index (χ0) is 27.2. The fraction of sp³-hybridized carbons (Fsp3) is 0.0500. The molecule has 0 fully saturated rings. The maximum atomic E-state index is 6.43. The molecule has 6 aromatic rings. The Balaban J connectivity index is 1.23. The monoisotopic (exact) mass is 524 g/mol. The molecule has 0 amide bonds. The molecule has 0 radical (unpaired) electrons. The van der Waals surface area contributed by atoms with Crippen LogP contribution in [0, 0.1) is 0 Å². The van der Waals surface area contributed by atoms with Gasteiger partial charge in [-0.3, -0.25) is 0 Å². The summed E-state index contributed by atoms with van der Waals surface area (Å²) in [6, 6.07) is 50.1. The highest BCUT2D eigenvalue weighted by Gasteiger charge is 2.34. The fourth-order valence-corrected chi connectivity index (χ4v) is 6.33. The van der Waals surface area contributed by atoms with Crippen LogP contribution in [-0.4, -0.2) is 6.10 Å². The molecule has 0 bridgehead atoms. The third-order valence-electron chi connectivity index (χ3n) is 8.39. The summed E-state index contributed by atoms with van der Waals surface area (Å²) in [4.78, 5) is 0. The van der Waals surface area contributed by atoms with E-state index in [1.807, 2.05) is 0 Å². The maximum absolute atomic E-state index is 6.43. The third kappa shape index (κ3) is 4.27. The van der Waals surface area contributed by atoms with Crippen LogP contribution in [0.1, 0.15) is 17.0 Å². The highest BCUT2D eigenvalue weighted by molar-refractivity contribution is 5.97. The number of hydrogen-bond acceptors (Lipinski definition) is 1.